The van der Waals surface area contributed by atoms with Crippen LogP contribution in [0.1, 0.15) is 6.42 Å². The second-order valence-electron chi connectivity index (χ2n) is 10.0. The molecule has 198 valence electrons. The molecule has 3 aliphatic rings. The van der Waals surface area contributed by atoms with Crippen molar-refractivity contribution in [1.82, 2.24) is 9.47 Å². The number of carbonyl (C=O) groups excluding carboxylic acids is 2. The van der Waals surface area contributed by atoms with Crippen molar-refractivity contribution < 1.29 is 24.2 Å². The molecule has 1 aromatic heterocycles. The van der Waals surface area contributed by atoms with Crippen LogP contribution in [0.2, 0.25) is 0 Å². The lowest BCUT2D eigenvalue weighted by atomic mass is 10.0. The van der Waals surface area contributed by atoms with Gasteiger partial charge in [0.1, 0.15) is 11.9 Å². The summed E-state index contributed by atoms with van der Waals surface area (Å²) in [5, 5.41) is 15.2. The summed E-state index contributed by atoms with van der Waals surface area (Å²) in [6, 6.07) is 14.4. The van der Waals surface area contributed by atoms with Crippen LogP contribution in [-0.4, -0.2) is 77.3 Å². The van der Waals surface area contributed by atoms with Crippen molar-refractivity contribution in [3.8, 4) is 5.75 Å². The number of anilines is 2. The number of cyclic esters (lactones) is 1. The smallest absolute Gasteiger partial charge is 0.414 e. The minimum atomic E-state index is -1.10. The standard InChI is InChI=1S/C27H28N4O6S/c1-36-19-5-2-17-3-7-25(33)31(22(17)11-19)16-27(35)8-9-29(15-27)12-20-13-30(26(34)37-20)18-4-6-23-21(10-18)28-24(32)14-38-23/h2-7,10-11,20,35H,8-9,12-16H2,1H3,(H,28,32)/t20-,27-/m0/s1. The van der Waals surface area contributed by atoms with Gasteiger partial charge < -0.3 is 24.5 Å². The third kappa shape index (κ3) is 4.72. The third-order valence-corrected chi connectivity index (χ3v) is 8.38. The largest absolute Gasteiger partial charge is 0.497 e. The van der Waals surface area contributed by atoms with E-state index in [1.807, 2.05) is 30.3 Å². The second kappa shape index (κ2) is 9.64. The number of β-amino-alcohol motifs (C(OH)–C–C–N with tert-alkyl or cyclic N) is 1. The number of methoxy groups -OCH3 is 1. The van der Waals surface area contributed by atoms with Crippen LogP contribution in [0.5, 0.6) is 5.75 Å². The van der Waals surface area contributed by atoms with Crippen molar-refractivity contribution >= 4 is 46.0 Å². The Hall–Kier alpha value is -3.54. The molecular weight excluding hydrogens is 508 g/mol. The van der Waals surface area contributed by atoms with Crippen LogP contribution in [-0.2, 0) is 16.1 Å². The highest BCUT2D eigenvalue weighted by Gasteiger charge is 2.40. The van der Waals surface area contributed by atoms with E-state index in [0.717, 1.165) is 10.3 Å². The number of rotatable bonds is 6. The monoisotopic (exact) mass is 536 g/mol. The summed E-state index contributed by atoms with van der Waals surface area (Å²) in [6.45, 7) is 1.98. The van der Waals surface area contributed by atoms with Crippen LogP contribution in [0.15, 0.2) is 58.2 Å². The van der Waals surface area contributed by atoms with E-state index in [0.29, 0.717) is 61.0 Å². The van der Waals surface area contributed by atoms with Gasteiger partial charge in [0.05, 0.1) is 42.8 Å². The number of hydrogen-bond acceptors (Lipinski definition) is 8. The molecule has 3 aliphatic heterocycles. The number of carbonyl (C=O) groups is 2. The molecule has 0 saturated carbocycles. The first-order chi connectivity index (χ1) is 18.3. The molecule has 0 bridgehead atoms. The van der Waals surface area contributed by atoms with Gasteiger partial charge in [-0.2, -0.15) is 0 Å². The fourth-order valence-electron chi connectivity index (χ4n) is 5.43. The molecule has 4 heterocycles. The molecule has 0 unspecified atom stereocenters. The van der Waals surface area contributed by atoms with Crippen LogP contribution < -0.4 is 20.5 Å². The predicted molar refractivity (Wildman–Crippen MR) is 144 cm³/mol. The average molecular weight is 537 g/mol. The lowest BCUT2D eigenvalue weighted by molar-refractivity contribution is -0.113. The van der Waals surface area contributed by atoms with E-state index in [1.54, 1.807) is 28.7 Å². The number of aromatic nitrogens is 1. The number of nitrogens with one attached hydrogen (secondary N) is 1. The number of ether oxygens (including phenoxy) is 2. The lowest BCUT2D eigenvalue weighted by Gasteiger charge is -2.26. The van der Waals surface area contributed by atoms with Crippen LogP contribution in [0.4, 0.5) is 16.2 Å². The van der Waals surface area contributed by atoms with Gasteiger partial charge in [-0.1, -0.05) is 0 Å². The first-order valence-electron chi connectivity index (χ1n) is 12.5. The molecule has 6 rings (SSSR count). The molecular formula is C27H28N4O6S. The van der Waals surface area contributed by atoms with Gasteiger partial charge in [0.15, 0.2) is 0 Å². The van der Waals surface area contributed by atoms with Crippen LogP contribution in [0, 0.1) is 0 Å². The van der Waals surface area contributed by atoms with E-state index >= 15 is 0 Å². The number of nitrogens with zero attached hydrogens (tertiary/aromatic N) is 3. The van der Waals surface area contributed by atoms with Crippen LogP contribution in [0.3, 0.4) is 0 Å². The number of fused-ring (bicyclic) bond motifs is 2. The summed E-state index contributed by atoms with van der Waals surface area (Å²) in [4.78, 5) is 41.8. The first-order valence-corrected chi connectivity index (χ1v) is 13.5. The number of hydrogen-bond donors (Lipinski definition) is 2. The maximum Gasteiger partial charge on any atom is 0.414 e. The fourth-order valence-corrected chi connectivity index (χ4v) is 6.22. The molecule has 2 amide bonds. The van der Waals surface area contributed by atoms with E-state index < -0.39 is 11.7 Å². The van der Waals surface area contributed by atoms with E-state index in [9.17, 15) is 19.5 Å². The molecule has 38 heavy (non-hydrogen) atoms. The summed E-state index contributed by atoms with van der Waals surface area (Å²) in [7, 11) is 1.58. The number of pyridine rings is 1. The molecule has 11 heteroatoms. The maximum atomic E-state index is 12.7. The van der Waals surface area contributed by atoms with Gasteiger partial charge in [-0.3, -0.25) is 19.4 Å². The molecule has 3 aromatic rings. The Morgan fingerprint density at radius 2 is 2.00 bits per heavy atom. The van der Waals surface area contributed by atoms with Crippen molar-refractivity contribution in [2.75, 3.05) is 49.3 Å². The third-order valence-electron chi connectivity index (χ3n) is 7.31. The minimum absolute atomic E-state index is 0.0621. The zero-order valence-electron chi connectivity index (χ0n) is 20.9. The van der Waals surface area contributed by atoms with Gasteiger partial charge in [0, 0.05) is 42.3 Å². The Morgan fingerprint density at radius 3 is 2.84 bits per heavy atom. The van der Waals surface area contributed by atoms with Gasteiger partial charge in [0.2, 0.25) is 5.91 Å². The zero-order valence-corrected chi connectivity index (χ0v) is 21.7. The molecule has 2 saturated heterocycles. The van der Waals surface area contributed by atoms with Gasteiger partial charge in [-0.15, -0.1) is 11.8 Å². The Kier molecular flexibility index (Phi) is 6.29. The summed E-state index contributed by atoms with van der Waals surface area (Å²) in [5.41, 5.74) is 0.799. The van der Waals surface area contributed by atoms with Crippen molar-refractivity contribution in [3.05, 3.63) is 58.9 Å². The van der Waals surface area contributed by atoms with Gasteiger partial charge in [0.25, 0.3) is 5.56 Å². The topological polar surface area (TPSA) is 113 Å². The van der Waals surface area contributed by atoms with Crippen LogP contribution >= 0.6 is 11.8 Å². The molecule has 10 nitrogen and oxygen atoms in total. The quantitative estimate of drug-likeness (QED) is 0.494. The van der Waals surface area contributed by atoms with Crippen molar-refractivity contribution in [1.29, 1.82) is 0 Å². The van der Waals surface area contributed by atoms with Gasteiger partial charge in [-0.25, -0.2) is 4.79 Å². The normalized spacial score (nSPS) is 23.4. The van der Waals surface area contributed by atoms with Crippen molar-refractivity contribution in [2.24, 2.45) is 0 Å². The summed E-state index contributed by atoms with van der Waals surface area (Å²) in [6.07, 6.45) is -0.309. The maximum absolute atomic E-state index is 12.7. The number of benzene rings is 2. The van der Waals surface area contributed by atoms with Gasteiger partial charge in [-0.05, 0) is 48.2 Å². The highest BCUT2D eigenvalue weighted by Crippen LogP contribution is 2.36. The van der Waals surface area contributed by atoms with Gasteiger partial charge >= 0.3 is 6.09 Å². The second-order valence-corrected chi connectivity index (χ2v) is 11.0. The summed E-state index contributed by atoms with van der Waals surface area (Å²) in [5.74, 6) is 0.962. The molecule has 0 aliphatic carbocycles. The first kappa shape index (κ1) is 24.8. The van der Waals surface area contributed by atoms with Crippen molar-refractivity contribution in [2.45, 2.75) is 29.6 Å². The predicted octanol–water partition coefficient (Wildman–Crippen LogP) is 2.52. The Morgan fingerprint density at radius 1 is 1.16 bits per heavy atom. The number of likely N-dealkylation sites (tertiary alicyclic amines) is 1. The summed E-state index contributed by atoms with van der Waals surface area (Å²) >= 11 is 1.47. The van der Waals surface area contributed by atoms with E-state index in [1.165, 1.54) is 17.8 Å². The van der Waals surface area contributed by atoms with E-state index in [-0.39, 0.29) is 24.1 Å². The molecule has 0 spiro atoms. The SMILES string of the molecule is COc1ccc2ccc(=O)n(C[C@]3(O)CCN(C[C@H]4CN(c5ccc6c(c5)NC(=O)CS6)C(=O)O4)C3)c2c1. The fraction of sp³-hybridized carbons (Fsp3) is 0.370. The number of thioether (sulfide) groups is 1. The highest BCUT2D eigenvalue weighted by molar-refractivity contribution is 8.00. The molecule has 2 atom stereocenters. The molecule has 2 N–H and O–H groups in total. The number of aliphatic hydroxyl groups is 1. The zero-order chi connectivity index (χ0) is 26.4. The lowest BCUT2D eigenvalue weighted by Crippen LogP contribution is -2.42. The average Bonchev–Trinajstić information content (AvgIpc) is 3.46. The Bertz CT molecular complexity index is 1490. The van der Waals surface area contributed by atoms with E-state index in [4.69, 9.17) is 9.47 Å². The van der Waals surface area contributed by atoms with E-state index in [2.05, 4.69) is 10.2 Å². The minimum Gasteiger partial charge on any atom is -0.497 e. The molecule has 0 radical (unpaired) electrons. The molecule has 2 fully saturated rings. The Balaban J connectivity index is 1.13. The van der Waals surface area contributed by atoms with Crippen molar-refractivity contribution in [3.63, 3.8) is 0 Å². The number of amides is 2. The van der Waals surface area contributed by atoms with Crippen LogP contribution in [0.25, 0.3) is 10.9 Å². The highest BCUT2D eigenvalue weighted by atomic mass is 32.2. The Labute approximate surface area is 223 Å². The molecule has 2 aromatic carbocycles. The summed E-state index contributed by atoms with van der Waals surface area (Å²) < 4.78 is 12.6.